The van der Waals surface area contributed by atoms with E-state index in [1.54, 1.807) is 11.9 Å². The van der Waals surface area contributed by atoms with E-state index in [1.165, 1.54) is 23.1 Å². The van der Waals surface area contributed by atoms with Gasteiger partial charge in [0.15, 0.2) is 0 Å². The molecule has 0 radical (unpaired) electrons. The van der Waals surface area contributed by atoms with Gasteiger partial charge in [0.05, 0.1) is 12.1 Å². The normalized spacial score (nSPS) is 14.9. The zero-order valence-corrected chi connectivity index (χ0v) is 13.9. The molecule has 2 amide bonds. The van der Waals surface area contributed by atoms with Crippen LogP contribution in [0.5, 0.6) is 0 Å². The maximum atomic E-state index is 13.1. The molecule has 21 heavy (non-hydrogen) atoms. The first kappa shape index (κ1) is 16.2. The molecular weight excluding hydrogens is 388 g/mol. The molecule has 1 fully saturated rings. The fraction of sp³-hybridized carbons (Fsp3) is 0.429. The van der Waals surface area contributed by atoms with Crippen LogP contribution in [0, 0.1) is 9.39 Å². The Morgan fingerprint density at radius 1 is 1.38 bits per heavy atom. The van der Waals surface area contributed by atoms with Crippen molar-refractivity contribution >= 4 is 34.4 Å². The number of hydrogen-bond acceptors (Lipinski definition) is 3. The van der Waals surface area contributed by atoms with Gasteiger partial charge in [-0.3, -0.25) is 9.59 Å². The first-order valence-corrected chi connectivity index (χ1v) is 7.76. The van der Waals surface area contributed by atoms with Gasteiger partial charge in [-0.1, -0.05) is 0 Å². The highest BCUT2D eigenvalue weighted by Gasteiger charge is 2.21. The molecule has 5 nitrogen and oxygen atoms in total. The van der Waals surface area contributed by atoms with E-state index in [0.29, 0.717) is 22.2 Å². The number of carbonyl (C=O) groups excluding carboxylic acids is 2. The lowest BCUT2D eigenvalue weighted by atomic mass is 10.2. The summed E-state index contributed by atoms with van der Waals surface area (Å²) in [7, 11) is 1.59. The highest BCUT2D eigenvalue weighted by atomic mass is 127. The number of piperazine rings is 1. The minimum absolute atomic E-state index is 0.0340. The van der Waals surface area contributed by atoms with Gasteiger partial charge < -0.3 is 15.1 Å². The van der Waals surface area contributed by atoms with Crippen LogP contribution in [0.1, 0.15) is 10.4 Å². The zero-order chi connectivity index (χ0) is 15.4. The second-order valence-corrected chi connectivity index (χ2v) is 6.08. The number of nitrogens with one attached hydrogen (secondary N) is 1. The summed E-state index contributed by atoms with van der Waals surface area (Å²) in [5.41, 5.74) is 0.410. The molecule has 0 atom stereocenters. The molecular formula is C14H17FIN3O2. The van der Waals surface area contributed by atoms with Crippen molar-refractivity contribution in [2.75, 3.05) is 39.8 Å². The number of carbonyl (C=O) groups is 2. The summed E-state index contributed by atoms with van der Waals surface area (Å²) in [6.45, 7) is 2.91. The monoisotopic (exact) mass is 405 g/mol. The van der Waals surface area contributed by atoms with Crippen molar-refractivity contribution in [3.63, 3.8) is 0 Å². The standard InChI is InChI=1S/C14H17FIN3O2/c1-18(9-13(20)19-6-4-17-5-7-19)14(21)11-3-2-10(15)8-12(11)16/h2-3,8,17H,4-7,9H2,1H3. The largest absolute Gasteiger partial charge is 0.339 e. The number of amides is 2. The third kappa shape index (κ3) is 4.13. The topological polar surface area (TPSA) is 52.7 Å². The first-order chi connectivity index (χ1) is 9.99. The van der Waals surface area contributed by atoms with Crippen molar-refractivity contribution in [3.05, 3.63) is 33.1 Å². The van der Waals surface area contributed by atoms with Gasteiger partial charge in [0.2, 0.25) is 5.91 Å². The lowest BCUT2D eigenvalue weighted by molar-refractivity contribution is -0.132. The van der Waals surface area contributed by atoms with Crippen LogP contribution in [0.15, 0.2) is 18.2 Å². The third-order valence-corrected chi connectivity index (χ3v) is 4.24. The summed E-state index contributed by atoms with van der Waals surface area (Å²) < 4.78 is 13.6. The smallest absolute Gasteiger partial charge is 0.255 e. The number of halogens is 2. The Morgan fingerprint density at radius 2 is 2.05 bits per heavy atom. The number of nitrogens with zero attached hydrogens (tertiary/aromatic N) is 2. The van der Waals surface area contributed by atoms with E-state index < -0.39 is 0 Å². The molecule has 0 saturated carbocycles. The Kier molecular flexibility index (Phi) is 5.51. The Labute approximate surface area is 136 Å². The molecule has 1 saturated heterocycles. The van der Waals surface area contributed by atoms with Crippen molar-refractivity contribution in [2.45, 2.75) is 0 Å². The van der Waals surface area contributed by atoms with Gasteiger partial charge in [-0.15, -0.1) is 0 Å². The molecule has 114 valence electrons. The van der Waals surface area contributed by atoms with E-state index in [0.717, 1.165) is 13.1 Å². The Morgan fingerprint density at radius 3 is 2.67 bits per heavy atom. The number of likely N-dealkylation sites (N-methyl/N-ethyl adjacent to an activating group) is 1. The summed E-state index contributed by atoms with van der Waals surface area (Å²) in [4.78, 5) is 27.6. The minimum atomic E-state index is -0.379. The molecule has 0 aliphatic carbocycles. The zero-order valence-electron chi connectivity index (χ0n) is 11.7. The van der Waals surface area contributed by atoms with Crippen LogP contribution in [0.4, 0.5) is 4.39 Å². The van der Waals surface area contributed by atoms with Gasteiger partial charge in [-0.2, -0.15) is 0 Å². The van der Waals surface area contributed by atoms with Crippen molar-refractivity contribution in [1.82, 2.24) is 15.1 Å². The Balaban J connectivity index is 2.00. The molecule has 1 aliphatic rings. The number of hydrogen-bond donors (Lipinski definition) is 1. The molecule has 1 aromatic rings. The average molecular weight is 405 g/mol. The van der Waals surface area contributed by atoms with Gasteiger partial charge in [0.25, 0.3) is 5.91 Å². The minimum Gasteiger partial charge on any atom is -0.339 e. The van der Waals surface area contributed by atoms with Crippen LogP contribution >= 0.6 is 22.6 Å². The van der Waals surface area contributed by atoms with E-state index in [4.69, 9.17) is 0 Å². The van der Waals surface area contributed by atoms with Crippen molar-refractivity contribution in [1.29, 1.82) is 0 Å². The average Bonchev–Trinajstić information content (AvgIpc) is 2.47. The van der Waals surface area contributed by atoms with E-state index in [9.17, 15) is 14.0 Å². The third-order valence-electron chi connectivity index (χ3n) is 3.35. The second-order valence-electron chi connectivity index (χ2n) is 4.92. The highest BCUT2D eigenvalue weighted by Crippen LogP contribution is 2.15. The first-order valence-electron chi connectivity index (χ1n) is 6.68. The van der Waals surface area contributed by atoms with Crippen LogP contribution in [0.2, 0.25) is 0 Å². The second kappa shape index (κ2) is 7.17. The predicted molar refractivity (Wildman–Crippen MR) is 85.5 cm³/mol. The van der Waals surface area contributed by atoms with Gasteiger partial charge in [0.1, 0.15) is 5.82 Å². The Hall–Kier alpha value is -1.22. The van der Waals surface area contributed by atoms with Crippen LogP contribution < -0.4 is 5.32 Å². The molecule has 1 N–H and O–H groups in total. The summed E-state index contributed by atoms with van der Waals surface area (Å²) in [6.07, 6.45) is 0. The van der Waals surface area contributed by atoms with Crippen LogP contribution in [-0.2, 0) is 4.79 Å². The van der Waals surface area contributed by atoms with E-state index >= 15 is 0 Å². The van der Waals surface area contributed by atoms with Gasteiger partial charge in [-0.05, 0) is 40.8 Å². The van der Waals surface area contributed by atoms with Crippen LogP contribution in [0.25, 0.3) is 0 Å². The van der Waals surface area contributed by atoms with Gasteiger partial charge >= 0.3 is 0 Å². The van der Waals surface area contributed by atoms with E-state index in [2.05, 4.69) is 5.32 Å². The molecule has 7 heteroatoms. The molecule has 0 unspecified atom stereocenters. The van der Waals surface area contributed by atoms with Crippen LogP contribution in [-0.4, -0.2) is 61.4 Å². The lowest BCUT2D eigenvalue weighted by Crippen LogP contribution is -2.49. The van der Waals surface area contributed by atoms with E-state index in [-0.39, 0.29) is 24.2 Å². The quantitative estimate of drug-likeness (QED) is 0.762. The van der Waals surface area contributed by atoms with Crippen molar-refractivity contribution < 1.29 is 14.0 Å². The molecule has 0 aromatic heterocycles. The van der Waals surface area contributed by atoms with Gasteiger partial charge in [0, 0.05) is 36.8 Å². The summed E-state index contributed by atoms with van der Waals surface area (Å²) >= 11 is 1.92. The number of rotatable bonds is 3. The maximum Gasteiger partial charge on any atom is 0.255 e. The number of benzene rings is 1. The molecule has 1 aliphatic heterocycles. The van der Waals surface area contributed by atoms with Crippen LogP contribution in [0.3, 0.4) is 0 Å². The maximum absolute atomic E-state index is 13.1. The van der Waals surface area contributed by atoms with Crippen molar-refractivity contribution in [3.8, 4) is 0 Å². The molecule has 2 rings (SSSR count). The predicted octanol–water partition coefficient (Wildman–Crippen LogP) is 0.934. The summed E-state index contributed by atoms with van der Waals surface area (Å²) in [5, 5.41) is 3.17. The van der Waals surface area contributed by atoms with Gasteiger partial charge in [-0.25, -0.2) is 4.39 Å². The molecule has 1 heterocycles. The highest BCUT2D eigenvalue weighted by molar-refractivity contribution is 14.1. The molecule has 0 spiro atoms. The van der Waals surface area contributed by atoms with Crippen molar-refractivity contribution in [2.24, 2.45) is 0 Å². The molecule has 0 bridgehead atoms. The Bertz CT molecular complexity index is 547. The lowest BCUT2D eigenvalue weighted by Gasteiger charge is -2.29. The molecule has 1 aromatic carbocycles. The fourth-order valence-electron chi connectivity index (χ4n) is 2.16. The summed E-state index contributed by atoms with van der Waals surface area (Å²) in [5.74, 6) is -0.720. The SMILES string of the molecule is CN(CC(=O)N1CCNCC1)C(=O)c1ccc(F)cc1I. The fourth-order valence-corrected chi connectivity index (χ4v) is 2.87. The summed E-state index contributed by atoms with van der Waals surface area (Å²) in [6, 6.07) is 4.01. The van der Waals surface area contributed by atoms with E-state index in [1.807, 2.05) is 22.6 Å².